The summed E-state index contributed by atoms with van der Waals surface area (Å²) in [7, 11) is 0. The summed E-state index contributed by atoms with van der Waals surface area (Å²) in [6.45, 7) is 4.31. The van der Waals surface area contributed by atoms with Crippen molar-refractivity contribution < 1.29 is 5.11 Å². The van der Waals surface area contributed by atoms with E-state index in [1.54, 1.807) is 6.20 Å². The first kappa shape index (κ1) is 8.70. The van der Waals surface area contributed by atoms with Crippen molar-refractivity contribution in [2.75, 3.05) is 0 Å². The highest BCUT2D eigenvalue weighted by molar-refractivity contribution is 5.28. The highest BCUT2D eigenvalue weighted by atomic mass is 16.3. The standard InChI is InChI=1S/C11H15NO/c1-7(2)9-6-10-8(11(9)13)4-3-5-12-10/h3-5,7,9,11,13H,6H2,1-2H3. The summed E-state index contributed by atoms with van der Waals surface area (Å²) in [5, 5.41) is 9.97. The van der Waals surface area contributed by atoms with Crippen LogP contribution in [0.2, 0.25) is 0 Å². The monoisotopic (exact) mass is 177 g/mol. The number of hydrogen-bond acceptors (Lipinski definition) is 2. The quantitative estimate of drug-likeness (QED) is 0.711. The zero-order valence-corrected chi connectivity index (χ0v) is 8.07. The van der Waals surface area contributed by atoms with E-state index < -0.39 is 0 Å². The maximum absolute atomic E-state index is 9.97. The topological polar surface area (TPSA) is 33.1 Å². The first-order valence-corrected chi connectivity index (χ1v) is 4.82. The maximum atomic E-state index is 9.97. The molecule has 0 aromatic carbocycles. The Morgan fingerprint density at radius 1 is 1.54 bits per heavy atom. The van der Waals surface area contributed by atoms with Gasteiger partial charge in [0.15, 0.2) is 0 Å². The average molecular weight is 177 g/mol. The molecule has 1 aliphatic carbocycles. The fraction of sp³-hybridized carbons (Fsp3) is 0.545. The Bertz CT molecular complexity index is 309. The highest BCUT2D eigenvalue weighted by Gasteiger charge is 2.33. The number of pyridine rings is 1. The van der Waals surface area contributed by atoms with E-state index in [2.05, 4.69) is 18.8 Å². The van der Waals surface area contributed by atoms with Crippen molar-refractivity contribution in [1.29, 1.82) is 0 Å². The second-order valence-corrected chi connectivity index (χ2v) is 4.10. The molecule has 0 saturated carbocycles. The van der Waals surface area contributed by atoms with Gasteiger partial charge in [-0.25, -0.2) is 0 Å². The SMILES string of the molecule is CC(C)C1Cc2ncccc2C1O. The third-order valence-corrected chi connectivity index (χ3v) is 2.93. The molecule has 0 saturated heterocycles. The van der Waals surface area contributed by atoms with Crippen LogP contribution in [-0.4, -0.2) is 10.1 Å². The second kappa shape index (κ2) is 3.11. The first-order chi connectivity index (χ1) is 6.20. The number of aliphatic hydroxyl groups is 1. The molecule has 0 amide bonds. The Morgan fingerprint density at radius 3 is 2.92 bits per heavy atom. The van der Waals surface area contributed by atoms with Crippen molar-refractivity contribution in [3.8, 4) is 0 Å². The molecule has 2 unspecified atom stereocenters. The molecule has 0 fully saturated rings. The van der Waals surface area contributed by atoms with Crippen molar-refractivity contribution in [2.45, 2.75) is 26.4 Å². The summed E-state index contributed by atoms with van der Waals surface area (Å²) in [6.07, 6.45) is 2.42. The fourth-order valence-electron chi connectivity index (χ4n) is 2.06. The molecular formula is C11H15NO. The van der Waals surface area contributed by atoms with Gasteiger partial charge in [-0.3, -0.25) is 4.98 Å². The number of fused-ring (bicyclic) bond motifs is 1. The molecule has 2 atom stereocenters. The van der Waals surface area contributed by atoms with Crippen LogP contribution in [-0.2, 0) is 6.42 Å². The lowest BCUT2D eigenvalue weighted by molar-refractivity contribution is 0.0968. The van der Waals surface area contributed by atoms with Crippen LogP contribution in [0.5, 0.6) is 0 Å². The molecule has 70 valence electrons. The Kier molecular flexibility index (Phi) is 2.08. The molecule has 1 aromatic rings. The van der Waals surface area contributed by atoms with E-state index in [0.717, 1.165) is 17.7 Å². The summed E-state index contributed by atoms with van der Waals surface area (Å²) in [6, 6.07) is 3.88. The van der Waals surface area contributed by atoms with Gasteiger partial charge in [0.25, 0.3) is 0 Å². The van der Waals surface area contributed by atoms with Gasteiger partial charge in [0.1, 0.15) is 0 Å². The number of rotatable bonds is 1. The van der Waals surface area contributed by atoms with Gasteiger partial charge < -0.3 is 5.11 Å². The van der Waals surface area contributed by atoms with E-state index in [-0.39, 0.29) is 6.10 Å². The predicted molar refractivity (Wildman–Crippen MR) is 51.2 cm³/mol. The summed E-state index contributed by atoms with van der Waals surface area (Å²) < 4.78 is 0. The van der Waals surface area contributed by atoms with Crippen molar-refractivity contribution >= 4 is 0 Å². The van der Waals surface area contributed by atoms with Crippen molar-refractivity contribution in [1.82, 2.24) is 4.98 Å². The zero-order valence-electron chi connectivity index (χ0n) is 8.07. The normalized spacial score (nSPS) is 26.5. The van der Waals surface area contributed by atoms with Gasteiger partial charge in [-0.2, -0.15) is 0 Å². The molecule has 1 aromatic heterocycles. The van der Waals surface area contributed by atoms with Gasteiger partial charge in [0.2, 0.25) is 0 Å². The number of aliphatic hydroxyl groups excluding tert-OH is 1. The minimum absolute atomic E-state index is 0.302. The molecular weight excluding hydrogens is 162 g/mol. The Balaban J connectivity index is 2.32. The van der Waals surface area contributed by atoms with Crippen molar-refractivity contribution in [3.05, 3.63) is 29.6 Å². The molecule has 2 nitrogen and oxygen atoms in total. The predicted octanol–water partition coefficient (Wildman–Crippen LogP) is 1.94. The maximum Gasteiger partial charge on any atom is 0.0841 e. The molecule has 2 rings (SSSR count). The van der Waals surface area contributed by atoms with Crippen LogP contribution >= 0.6 is 0 Å². The van der Waals surface area contributed by atoms with Gasteiger partial charge in [-0.15, -0.1) is 0 Å². The summed E-state index contributed by atoms with van der Waals surface area (Å²) in [5.74, 6) is 0.870. The lowest BCUT2D eigenvalue weighted by atomic mass is 9.91. The van der Waals surface area contributed by atoms with E-state index in [0.29, 0.717) is 11.8 Å². The van der Waals surface area contributed by atoms with Gasteiger partial charge >= 0.3 is 0 Å². The molecule has 2 heteroatoms. The minimum atomic E-state index is -0.302. The van der Waals surface area contributed by atoms with Gasteiger partial charge in [0.05, 0.1) is 6.10 Å². The first-order valence-electron chi connectivity index (χ1n) is 4.82. The fourth-order valence-corrected chi connectivity index (χ4v) is 2.06. The van der Waals surface area contributed by atoms with Crippen LogP contribution in [0.15, 0.2) is 18.3 Å². The molecule has 0 aliphatic heterocycles. The molecule has 1 heterocycles. The van der Waals surface area contributed by atoms with Crippen LogP contribution in [0.3, 0.4) is 0 Å². The second-order valence-electron chi connectivity index (χ2n) is 4.10. The largest absolute Gasteiger partial charge is 0.388 e. The third kappa shape index (κ3) is 1.35. The Labute approximate surface area is 78.6 Å². The van der Waals surface area contributed by atoms with Crippen molar-refractivity contribution in [2.24, 2.45) is 11.8 Å². The van der Waals surface area contributed by atoms with Crippen molar-refractivity contribution in [3.63, 3.8) is 0 Å². The molecule has 0 spiro atoms. The molecule has 1 aliphatic rings. The Morgan fingerprint density at radius 2 is 2.31 bits per heavy atom. The third-order valence-electron chi connectivity index (χ3n) is 2.93. The minimum Gasteiger partial charge on any atom is -0.388 e. The summed E-state index contributed by atoms with van der Waals surface area (Å²) >= 11 is 0. The van der Waals surface area contributed by atoms with Crippen LogP contribution in [0.25, 0.3) is 0 Å². The van der Waals surface area contributed by atoms with E-state index in [1.807, 2.05) is 12.1 Å². The molecule has 1 N–H and O–H groups in total. The van der Waals surface area contributed by atoms with Gasteiger partial charge in [0, 0.05) is 17.5 Å². The van der Waals surface area contributed by atoms with Gasteiger partial charge in [-0.1, -0.05) is 19.9 Å². The smallest absolute Gasteiger partial charge is 0.0841 e. The van der Waals surface area contributed by atoms with Crippen LogP contribution < -0.4 is 0 Å². The number of nitrogens with zero attached hydrogens (tertiary/aromatic N) is 1. The van der Waals surface area contributed by atoms with Crippen LogP contribution in [0.1, 0.15) is 31.2 Å². The summed E-state index contributed by atoms with van der Waals surface area (Å²) in [4.78, 5) is 4.28. The van der Waals surface area contributed by atoms with E-state index in [4.69, 9.17) is 0 Å². The van der Waals surface area contributed by atoms with Gasteiger partial charge in [-0.05, 0) is 24.3 Å². The van der Waals surface area contributed by atoms with E-state index >= 15 is 0 Å². The lowest BCUT2D eigenvalue weighted by Crippen LogP contribution is -2.13. The van der Waals surface area contributed by atoms with E-state index in [1.165, 1.54) is 0 Å². The molecule has 13 heavy (non-hydrogen) atoms. The summed E-state index contributed by atoms with van der Waals surface area (Å²) in [5.41, 5.74) is 2.11. The molecule has 0 bridgehead atoms. The lowest BCUT2D eigenvalue weighted by Gasteiger charge is -2.18. The zero-order chi connectivity index (χ0) is 9.42. The molecule has 0 radical (unpaired) electrons. The van der Waals surface area contributed by atoms with Crippen LogP contribution in [0.4, 0.5) is 0 Å². The highest BCUT2D eigenvalue weighted by Crippen LogP contribution is 2.38. The van der Waals surface area contributed by atoms with Crippen LogP contribution in [0, 0.1) is 11.8 Å². The Hall–Kier alpha value is -0.890. The average Bonchev–Trinajstić information content (AvgIpc) is 2.45. The van der Waals surface area contributed by atoms with E-state index in [9.17, 15) is 5.11 Å². The number of aromatic nitrogens is 1. The number of hydrogen-bond donors (Lipinski definition) is 1.